The quantitative estimate of drug-likeness (QED) is 0.354. The smallest absolute Gasteiger partial charge is 0.344 e. The van der Waals surface area contributed by atoms with E-state index >= 15 is 0 Å². The number of rotatable bonds is 9. The van der Waals surface area contributed by atoms with Gasteiger partial charge in [-0.2, -0.15) is 0 Å². The van der Waals surface area contributed by atoms with Gasteiger partial charge in [0.25, 0.3) is 0 Å². The molecule has 1 aliphatic rings. The highest BCUT2D eigenvalue weighted by molar-refractivity contribution is 5.81. The fraction of sp³-hybridized carbons (Fsp3) is 0.786. The molecule has 120 valence electrons. The van der Waals surface area contributed by atoms with E-state index < -0.39 is 36.5 Å². The average Bonchev–Trinajstić information content (AvgIpc) is 3.26. The first kappa shape index (κ1) is 17.4. The lowest BCUT2D eigenvalue weighted by atomic mass is 9.91. The van der Waals surface area contributed by atoms with Crippen molar-refractivity contribution in [2.24, 2.45) is 5.41 Å². The van der Waals surface area contributed by atoms with Gasteiger partial charge in [0.15, 0.2) is 13.2 Å². The predicted molar refractivity (Wildman–Crippen MR) is 71.3 cm³/mol. The van der Waals surface area contributed by atoms with Crippen LogP contribution in [0.5, 0.6) is 0 Å². The maximum atomic E-state index is 11.6. The van der Waals surface area contributed by atoms with Crippen LogP contribution in [0.4, 0.5) is 0 Å². The van der Waals surface area contributed by atoms with Crippen LogP contribution in [0.25, 0.3) is 0 Å². The normalized spacial score (nSPS) is 17.0. The van der Waals surface area contributed by atoms with Gasteiger partial charge in [-0.1, -0.05) is 6.92 Å². The van der Waals surface area contributed by atoms with E-state index in [1.54, 1.807) is 13.8 Å². The molecule has 7 nitrogen and oxygen atoms in total. The Balaban J connectivity index is 2.09. The average molecular weight is 302 g/mol. The van der Waals surface area contributed by atoms with Crippen molar-refractivity contribution in [2.75, 3.05) is 26.4 Å². The van der Waals surface area contributed by atoms with Crippen molar-refractivity contribution in [3.8, 4) is 0 Å². The van der Waals surface area contributed by atoms with Crippen molar-refractivity contribution in [1.82, 2.24) is 0 Å². The maximum absolute atomic E-state index is 11.6. The largest absolute Gasteiger partial charge is 0.463 e. The van der Waals surface area contributed by atoms with Crippen LogP contribution >= 0.6 is 0 Å². The molecule has 0 bridgehead atoms. The van der Waals surface area contributed by atoms with E-state index in [1.165, 1.54) is 0 Å². The van der Waals surface area contributed by atoms with Crippen molar-refractivity contribution in [1.29, 1.82) is 0 Å². The third kappa shape index (κ3) is 7.08. The van der Waals surface area contributed by atoms with Crippen molar-refractivity contribution in [3.63, 3.8) is 0 Å². The van der Waals surface area contributed by atoms with Crippen LogP contribution in [0.2, 0.25) is 0 Å². The monoisotopic (exact) mass is 302 g/mol. The lowest BCUT2D eigenvalue weighted by molar-refractivity contribution is -0.168. The predicted octanol–water partition coefficient (Wildman–Crippen LogP) is 0.841. The summed E-state index contributed by atoms with van der Waals surface area (Å²) in [5.41, 5.74) is -0.649. The maximum Gasteiger partial charge on any atom is 0.344 e. The van der Waals surface area contributed by atoms with Crippen LogP contribution in [-0.4, -0.2) is 50.4 Å². The number of esters is 3. The van der Waals surface area contributed by atoms with Crippen LogP contribution in [0.1, 0.15) is 33.6 Å². The minimum atomic E-state index is -0.780. The van der Waals surface area contributed by atoms with Crippen molar-refractivity contribution in [2.45, 2.75) is 39.7 Å². The Morgan fingerprint density at radius 1 is 1.10 bits per heavy atom. The molecule has 0 aromatic rings. The standard InChI is InChI=1S/C14H22O7/c1-4-14(2,3)13(17)21-9-12(16)20-8-11(15)18-6-5-10-7-19-10/h10H,4-9H2,1-3H3. The summed E-state index contributed by atoms with van der Waals surface area (Å²) in [4.78, 5) is 34.2. The summed E-state index contributed by atoms with van der Waals surface area (Å²) in [5, 5.41) is 0. The first-order valence-electron chi connectivity index (χ1n) is 6.95. The molecule has 7 heteroatoms. The Hall–Kier alpha value is -1.63. The summed E-state index contributed by atoms with van der Waals surface area (Å²) in [7, 11) is 0. The second-order valence-corrected chi connectivity index (χ2v) is 5.44. The van der Waals surface area contributed by atoms with Crippen LogP contribution in [-0.2, 0) is 33.3 Å². The van der Waals surface area contributed by atoms with Gasteiger partial charge in [-0.15, -0.1) is 0 Å². The molecule has 0 aromatic carbocycles. The summed E-state index contributed by atoms with van der Waals surface area (Å²) < 4.78 is 19.3. The van der Waals surface area contributed by atoms with Gasteiger partial charge in [-0.05, 0) is 20.3 Å². The third-order valence-corrected chi connectivity index (χ3v) is 3.21. The minimum absolute atomic E-state index is 0.182. The van der Waals surface area contributed by atoms with E-state index in [1.807, 2.05) is 6.92 Å². The van der Waals surface area contributed by atoms with Gasteiger partial charge >= 0.3 is 17.9 Å². The van der Waals surface area contributed by atoms with E-state index in [9.17, 15) is 14.4 Å². The number of hydrogen-bond acceptors (Lipinski definition) is 7. The lowest BCUT2D eigenvalue weighted by Crippen LogP contribution is -2.29. The Morgan fingerprint density at radius 3 is 2.24 bits per heavy atom. The Morgan fingerprint density at radius 2 is 1.67 bits per heavy atom. The zero-order valence-electron chi connectivity index (χ0n) is 12.7. The molecule has 21 heavy (non-hydrogen) atoms. The summed E-state index contributed by atoms with van der Waals surface area (Å²) in [6, 6.07) is 0. The topological polar surface area (TPSA) is 91.4 Å². The molecule has 1 unspecified atom stereocenters. The van der Waals surface area contributed by atoms with Crippen LogP contribution in [0.3, 0.4) is 0 Å². The van der Waals surface area contributed by atoms with Crippen LogP contribution in [0.15, 0.2) is 0 Å². The molecule has 1 aliphatic heterocycles. The highest BCUT2D eigenvalue weighted by Crippen LogP contribution is 2.21. The van der Waals surface area contributed by atoms with Crippen molar-refractivity contribution in [3.05, 3.63) is 0 Å². The molecule has 0 saturated carbocycles. The number of ether oxygens (including phenoxy) is 4. The van der Waals surface area contributed by atoms with Gasteiger partial charge in [0, 0.05) is 6.42 Å². The summed E-state index contributed by atoms with van der Waals surface area (Å²) >= 11 is 0. The molecule has 1 heterocycles. The molecular formula is C14H22O7. The van der Waals surface area contributed by atoms with E-state index in [-0.39, 0.29) is 12.7 Å². The van der Waals surface area contributed by atoms with Crippen molar-refractivity contribution < 1.29 is 33.3 Å². The highest BCUT2D eigenvalue weighted by Gasteiger charge is 2.28. The minimum Gasteiger partial charge on any atom is -0.463 e. The second kappa shape index (κ2) is 7.97. The second-order valence-electron chi connectivity index (χ2n) is 5.44. The summed E-state index contributed by atoms with van der Waals surface area (Å²) in [6.45, 7) is 5.24. The molecule has 0 amide bonds. The molecule has 1 rings (SSSR count). The van der Waals surface area contributed by atoms with E-state index in [0.29, 0.717) is 19.4 Å². The number of carbonyl (C=O) groups is 3. The van der Waals surface area contributed by atoms with Gasteiger partial charge in [-0.3, -0.25) is 4.79 Å². The van der Waals surface area contributed by atoms with Crippen molar-refractivity contribution >= 4 is 17.9 Å². The number of epoxide rings is 1. The zero-order valence-corrected chi connectivity index (χ0v) is 12.7. The van der Waals surface area contributed by atoms with Crippen LogP contribution in [0, 0.1) is 5.41 Å². The molecular weight excluding hydrogens is 280 g/mol. The molecule has 0 spiro atoms. The SMILES string of the molecule is CCC(C)(C)C(=O)OCC(=O)OCC(=O)OCCC1CO1. The molecule has 0 radical (unpaired) electrons. The van der Waals surface area contributed by atoms with Gasteiger partial charge in [0.05, 0.1) is 24.7 Å². The lowest BCUT2D eigenvalue weighted by Gasteiger charge is -2.19. The van der Waals surface area contributed by atoms with E-state index in [4.69, 9.17) is 14.2 Å². The van der Waals surface area contributed by atoms with Gasteiger partial charge in [0.1, 0.15) is 0 Å². The number of hydrogen-bond donors (Lipinski definition) is 0. The molecule has 0 aromatic heterocycles. The molecule has 0 N–H and O–H groups in total. The molecule has 1 atom stereocenters. The van der Waals surface area contributed by atoms with Gasteiger partial charge in [0.2, 0.25) is 0 Å². The Kier molecular flexibility index (Phi) is 6.61. The first-order valence-corrected chi connectivity index (χ1v) is 6.95. The first-order chi connectivity index (χ1) is 9.85. The van der Waals surface area contributed by atoms with Crippen LogP contribution < -0.4 is 0 Å². The summed E-state index contributed by atoms with van der Waals surface area (Å²) in [5.74, 6) is -1.89. The van der Waals surface area contributed by atoms with Gasteiger partial charge < -0.3 is 18.9 Å². The van der Waals surface area contributed by atoms with E-state index in [0.717, 1.165) is 0 Å². The summed E-state index contributed by atoms with van der Waals surface area (Å²) in [6.07, 6.45) is 1.42. The van der Waals surface area contributed by atoms with Gasteiger partial charge in [-0.25, -0.2) is 9.59 Å². The number of carbonyl (C=O) groups excluding carboxylic acids is 3. The Labute approximate surface area is 123 Å². The highest BCUT2D eigenvalue weighted by atomic mass is 16.6. The van der Waals surface area contributed by atoms with E-state index in [2.05, 4.69) is 4.74 Å². The molecule has 1 fully saturated rings. The molecule has 1 saturated heterocycles. The Bertz CT molecular complexity index is 385. The fourth-order valence-corrected chi connectivity index (χ4v) is 1.23. The zero-order chi connectivity index (χ0) is 15.9. The third-order valence-electron chi connectivity index (χ3n) is 3.21. The fourth-order valence-electron chi connectivity index (χ4n) is 1.23. The molecule has 0 aliphatic carbocycles.